The highest BCUT2D eigenvalue weighted by molar-refractivity contribution is 9.10. The molecule has 1 rings (SSSR count). The van der Waals surface area contributed by atoms with Crippen LogP contribution in [0.15, 0.2) is 22.7 Å². The van der Waals surface area contributed by atoms with Crippen LogP contribution in [0.2, 0.25) is 0 Å². The van der Waals surface area contributed by atoms with Gasteiger partial charge < -0.3 is 15.3 Å². The van der Waals surface area contributed by atoms with Crippen molar-refractivity contribution in [3.05, 3.63) is 28.5 Å². The molecule has 1 aromatic carbocycles. The van der Waals surface area contributed by atoms with Crippen LogP contribution in [0, 0.1) is 5.82 Å². The average molecular weight is 361 g/mol. The third-order valence-corrected chi connectivity index (χ3v) is 3.54. The molecule has 0 aliphatic heterocycles. The van der Waals surface area contributed by atoms with E-state index in [1.54, 1.807) is 0 Å². The van der Waals surface area contributed by atoms with Crippen molar-refractivity contribution in [2.24, 2.45) is 0 Å². The summed E-state index contributed by atoms with van der Waals surface area (Å²) in [5.74, 6) is -1.34. The number of carboxylic acids is 1. The second-order valence-corrected chi connectivity index (χ2v) is 5.69. The van der Waals surface area contributed by atoms with E-state index < -0.39 is 11.8 Å². The lowest BCUT2D eigenvalue weighted by Crippen LogP contribution is -2.40. The number of hydrogen-bond acceptors (Lipinski definition) is 2. The third-order valence-electron chi connectivity index (χ3n) is 2.84. The second kappa shape index (κ2) is 7.97. The first kappa shape index (κ1) is 17.4. The highest BCUT2D eigenvalue weighted by Crippen LogP contribution is 2.23. The first-order chi connectivity index (χ1) is 9.81. The summed E-state index contributed by atoms with van der Waals surface area (Å²) < 4.78 is 13.8. The number of carboxylic acid groups (broad SMARTS) is 1. The van der Waals surface area contributed by atoms with Crippen LogP contribution in [0.4, 0.5) is 14.9 Å². The van der Waals surface area contributed by atoms with Crippen LogP contribution in [0.1, 0.15) is 26.7 Å². The third kappa shape index (κ3) is 5.71. The minimum atomic E-state index is -0.896. The molecule has 21 heavy (non-hydrogen) atoms. The lowest BCUT2D eigenvalue weighted by molar-refractivity contribution is -0.137. The number of carbonyl (C=O) groups is 2. The summed E-state index contributed by atoms with van der Waals surface area (Å²) in [6.45, 7) is 3.99. The second-order valence-electron chi connectivity index (χ2n) is 4.84. The fourth-order valence-electron chi connectivity index (χ4n) is 1.78. The Bertz CT molecular complexity index is 523. The van der Waals surface area contributed by atoms with Crippen LogP contribution >= 0.6 is 15.9 Å². The number of rotatable bonds is 6. The van der Waals surface area contributed by atoms with Gasteiger partial charge in [-0.25, -0.2) is 9.18 Å². The van der Waals surface area contributed by atoms with Crippen molar-refractivity contribution in [2.45, 2.75) is 32.7 Å². The van der Waals surface area contributed by atoms with Crippen LogP contribution < -0.4 is 5.32 Å². The molecule has 0 spiro atoms. The maximum absolute atomic E-state index is 13.2. The van der Waals surface area contributed by atoms with Crippen LogP contribution in [0.25, 0.3) is 0 Å². The van der Waals surface area contributed by atoms with Crippen molar-refractivity contribution in [1.29, 1.82) is 0 Å². The molecular weight excluding hydrogens is 343 g/mol. The topological polar surface area (TPSA) is 69.6 Å². The highest BCUT2D eigenvalue weighted by Gasteiger charge is 2.18. The van der Waals surface area contributed by atoms with Gasteiger partial charge in [-0.2, -0.15) is 0 Å². The van der Waals surface area contributed by atoms with Gasteiger partial charge in [0, 0.05) is 23.5 Å². The standard InChI is InChI=1S/C14H18BrFN2O3/c1-9(2)18(7-3-4-13(19)20)14(21)17-12-8-10(16)5-6-11(12)15/h5-6,8-9H,3-4,7H2,1-2H3,(H,17,21)(H,19,20). The number of anilines is 1. The van der Waals surface area contributed by atoms with E-state index >= 15 is 0 Å². The smallest absolute Gasteiger partial charge is 0.322 e. The SMILES string of the molecule is CC(C)N(CCCC(=O)O)C(=O)Nc1cc(F)ccc1Br. The van der Waals surface area contributed by atoms with Gasteiger partial charge in [-0.3, -0.25) is 4.79 Å². The van der Waals surface area contributed by atoms with E-state index in [2.05, 4.69) is 21.2 Å². The minimum Gasteiger partial charge on any atom is -0.481 e. The van der Waals surface area contributed by atoms with Crippen LogP contribution in [0.3, 0.4) is 0 Å². The van der Waals surface area contributed by atoms with Crippen molar-refractivity contribution >= 4 is 33.6 Å². The highest BCUT2D eigenvalue weighted by atomic mass is 79.9. The van der Waals surface area contributed by atoms with Gasteiger partial charge in [0.1, 0.15) is 5.82 Å². The van der Waals surface area contributed by atoms with Crippen LogP contribution in [-0.2, 0) is 4.79 Å². The molecule has 2 N–H and O–H groups in total. The Morgan fingerprint density at radius 2 is 2.10 bits per heavy atom. The Morgan fingerprint density at radius 3 is 2.67 bits per heavy atom. The predicted molar refractivity (Wildman–Crippen MR) is 81.8 cm³/mol. The number of amides is 2. The lowest BCUT2D eigenvalue weighted by Gasteiger charge is -2.27. The van der Waals surface area contributed by atoms with Gasteiger partial charge in [0.05, 0.1) is 5.69 Å². The molecule has 0 aromatic heterocycles. The Labute approximate surface area is 131 Å². The predicted octanol–water partition coefficient (Wildman–Crippen LogP) is 3.70. The van der Waals surface area contributed by atoms with Crippen molar-refractivity contribution in [2.75, 3.05) is 11.9 Å². The summed E-state index contributed by atoms with van der Waals surface area (Å²) in [5, 5.41) is 11.3. The Kier molecular flexibility index (Phi) is 6.61. The molecule has 0 saturated heterocycles. The Balaban J connectivity index is 2.72. The molecule has 0 heterocycles. The monoisotopic (exact) mass is 360 g/mol. The number of urea groups is 1. The van der Waals surface area contributed by atoms with E-state index in [9.17, 15) is 14.0 Å². The van der Waals surface area contributed by atoms with Crippen molar-refractivity contribution in [1.82, 2.24) is 4.90 Å². The van der Waals surface area contributed by atoms with Gasteiger partial charge in [-0.15, -0.1) is 0 Å². The van der Waals surface area contributed by atoms with E-state index in [0.29, 0.717) is 23.1 Å². The number of hydrogen-bond donors (Lipinski definition) is 2. The molecule has 0 atom stereocenters. The average Bonchev–Trinajstić information content (AvgIpc) is 2.38. The molecule has 0 fully saturated rings. The lowest BCUT2D eigenvalue weighted by atomic mass is 10.2. The molecule has 0 bridgehead atoms. The van der Waals surface area contributed by atoms with Gasteiger partial charge in [0.25, 0.3) is 0 Å². The molecule has 116 valence electrons. The largest absolute Gasteiger partial charge is 0.481 e. The maximum Gasteiger partial charge on any atom is 0.322 e. The molecule has 7 heteroatoms. The number of benzene rings is 1. The Morgan fingerprint density at radius 1 is 1.43 bits per heavy atom. The normalized spacial score (nSPS) is 10.5. The van der Waals surface area contributed by atoms with Gasteiger partial charge in [0.2, 0.25) is 0 Å². The molecule has 0 radical (unpaired) electrons. The maximum atomic E-state index is 13.2. The number of aliphatic carboxylic acids is 1. The van der Waals surface area contributed by atoms with E-state index in [0.717, 1.165) is 0 Å². The van der Waals surface area contributed by atoms with Crippen molar-refractivity contribution in [3.63, 3.8) is 0 Å². The zero-order valence-corrected chi connectivity index (χ0v) is 13.5. The zero-order valence-electron chi connectivity index (χ0n) is 11.9. The summed E-state index contributed by atoms with van der Waals surface area (Å²) >= 11 is 3.24. The summed E-state index contributed by atoms with van der Waals surface area (Å²) in [6, 6.07) is 3.53. The van der Waals surface area contributed by atoms with Gasteiger partial charge in [0.15, 0.2) is 0 Å². The molecule has 0 unspecified atom stereocenters. The zero-order chi connectivity index (χ0) is 16.0. The molecule has 5 nitrogen and oxygen atoms in total. The quantitative estimate of drug-likeness (QED) is 0.812. The first-order valence-electron chi connectivity index (χ1n) is 6.55. The van der Waals surface area contributed by atoms with Gasteiger partial charge >= 0.3 is 12.0 Å². The number of nitrogens with one attached hydrogen (secondary N) is 1. The minimum absolute atomic E-state index is 0.000158. The fraction of sp³-hybridized carbons (Fsp3) is 0.429. The summed E-state index contributed by atoms with van der Waals surface area (Å²) in [4.78, 5) is 24.3. The molecule has 1 aromatic rings. The fourth-order valence-corrected chi connectivity index (χ4v) is 2.12. The molecule has 0 saturated carbocycles. The first-order valence-corrected chi connectivity index (χ1v) is 7.35. The molecule has 0 aliphatic rings. The number of carbonyl (C=O) groups excluding carboxylic acids is 1. The van der Waals surface area contributed by atoms with Gasteiger partial charge in [-0.05, 0) is 54.4 Å². The van der Waals surface area contributed by atoms with Gasteiger partial charge in [-0.1, -0.05) is 0 Å². The number of nitrogens with zero attached hydrogens (tertiary/aromatic N) is 1. The molecule has 2 amide bonds. The van der Waals surface area contributed by atoms with E-state index in [-0.39, 0.29) is 18.5 Å². The molecule has 0 aliphatic carbocycles. The van der Waals surface area contributed by atoms with Crippen LogP contribution in [-0.4, -0.2) is 34.6 Å². The Hall–Kier alpha value is -1.63. The van der Waals surface area contributed by atoms with Crippen molar-refractivity contribution in [3.8, 4) is 0 Å². The van der Waals surface area contributed by atoms with Crippen molar-refractivity contribution < 1.29 is 19.1 Å². The van der Waals surface area contributed by atoms with E-state index in [4.69, 9.17) is 5.11 Å². The van der Waals surface area contributed by atoms with E-state index in [1.807, 2.05) is 13.8 Å². The summed E-state index contributed by atoms with van der Waals surface area (Å²) in [6.07, 6.45) is 0.366. The summed E-state index contributed by atoms with van der Waals surface area (Å²) in [5.41, 5.74) is 0.337. The van der Waals surface area contributed by atoms with E-state index in [1.165, 1.54) is 23.1 Å². The number of halogens is 2. The molecular formula is C14H18BrFN2O3. The van der Waals surface area contributed by atoms with Crippen LogP contribution in [0.5, 0.6) is 0 Å². The summed E-state index contributed by atoms with van der Waals surface area (Å²) in [7, 11) is 0.